The normalized spacial score (nSPS) is 11.8. The number of ether oxygens (including phenoxy) is 1. The smallest absolute Gasteiger partial charge is 0.140 e. The number of methoxy groups -OCH3 is 1. The summed E-state index contributed by atoms with van der Waals surface area (Å²) in [6, 6.07) is 5.13. The van der Waals surface area contributed by atoms with E-state index in [2.05, 4.69) is 10.3 Å². The molecule has 0 saturated carbocycles. The van der Waals surface area contributed by atoms with Crippen molar-refractivity contribution in [2.45, 2.75) is 6.04 Å². The Morgan fingerprint density at radius 3 is 2.93 bits per heavy atom. The van der Waals surface area contributed by atoms with Crippen molar-refractivity contribution in [1.82, 2.24) is 4.98 Å². The molecule has 2 N–H and O–H groups in total. The number of nitrogens with zero attached hydrogens (tertiary/aromatic N) is 2. The van der Waals surface area contributed by atoms with Crippen LogP contribution in [0.15, 0.2) is 18.3 Å². The van der Waals surface area contributed by atoms with Gasteiger partial charge in [0.05, 0.1) is 31.1 Å². The van der Waals surface area contributed by atoms with Crippen LogP contribution < -0.4 is 5.32 Å². The number of hydrogen-bond acceptors (Lipinski definition) is 5. The van der Waals surface area contributed by atoms with E-state index in [-0.39, 0.29) is 12.6 Å². The van der Waals surface area contributed by atoms with Crippen LogP contribution in [-0.4, -0.2) is 36.5 Å². The summed E-state index contributed by atoms with van der Waals surface area (Å²) in [6.07, 6.45) is 1.55. The molecule has 1 aromatic rings. The molecule has 0 spiro atoms. The molecule has 1 aromatic heterocycles. The molecule has 1 heterocycles. The van der Waals surface area contributed by atoms with E-state index in [9.17, 15) is 0 Å². The van der Waals surface area contributed by atoms with Crippen molar-refractivity contribution in [1.29, 1.82) is 5.26 Å². The highest BCUT2D eigenvalue weighted by atomic mass is 16.5. The monoisotopic (exact) mass is 207 g/mol. The average molecular weight is 207 g/mol. The minimum atomic E-state index is -0.162. The van der Waals surface area contributed by atoms with Crippen LogP contribution in [-0.2, 0) is 4.74 Å². The molecular formula is C10H13N3O2. The summed E-state index contributed by atoms with van der Waals surface area (Å²) in [6.45, 7) is 0.393. The van der Waals surface area contributed by atoms with Crippen LogP contribution in [0.1, 0.15) is 5.69 Å². The number of rotatable bonds is 5. The van der Waals surface area contributed by atoms with Crippen LogP contribution in [0.5, 0.6) is 0 Å². The highest BCUT2D eigenvalue weighted by molar-refractivity contribution is 5.43. The Morgan fingerprint density at radius 2 is 2.47 bits per heavy atom. The first-order valence-electron chi connectivity index (χ1n) is 4.52. The van der Waals surface area contributed by atoms with Gasteiger partial charge in [-0.3, -0.25) is 0 Å². The molecule has 1 rings (SSSR count). The van der Waals surface area contributed by atoms with Gasteiger partial charge in [-0.05, 0) is 12.1 Å². The third kappa shape index (κ3) is 3.54. The van der Waals surface area contributed by atoms with Gasteiger partial charge in [-0.15, -0.1) is 0 Å². The summed E-state index contributed by atoms with van der Waals surface area (Å²) in [5.41, 5.74) is 1.12. The number of anilines is 1. The largest absolute Gasteiger partial charge is 0.394 e. The molecule has 1 atom stereocenters. The maximum atomic E-state index is 9.00. The molecule has 0 aliphatic carbocycles. The standard InChI is InChI=1S/C10H13N3O2/c1-15-7-10(6-14)13-9-3-2-8(4-11)12-5-9/h2-3,5,10,13-14H,6-7H2,1H3. The fourth-order valence-electron chi connectivity index (χ4n) is 1.12. The highest BCUT2D eigenvalue weighted by Gasteiger charge is 2.06. The number of nitriles is 1. The molecule has 0 aliphatic heterocycles. The first kappa shape index (κ1) is 11.4. The van der Waals surface area contributed by atoms with Gasteiger partial charge in [-0.1, -0.05) is 0 Å². The van der Waals surface area contributed by atoms with E-state index in [4.69, 9.17) is 15.1 Å². The van der Waals surface area contributed by atoms with Gasteiger partial charge in [-0.2, -0.15) is 5.26 Å². The van der Waals surface area contributed by atoms with Crippen LogP contribution in [0, 0.1) is 11.3 Å². The van der Waals surface area contributed by atoms with Crippen molar-refractivity contribution >= 4 is 5.69 Å². The minimum Gasteiger partial charge on any atom is -0.394 e. The summed E-state index contributed by atoms with van der Waals surface area (Å²) in [5, 5.41) is 20.6. The van der Waals surface area contributed by atoms with E-state index < -0.39 is 0 Å². The van der Waals surface area contributed by atoms with E-state index in [1.165, 1.54) is 0 Å². The fraction of sp³-hybridized carbons (Fsp3) is 0.400. The molecule has 80 valence electrons. The molecular weight excluding hydrogens is 194 g/mol. The fourth-order valence-corrected chi connectivity index (χ4v) is 1.12. The summed E-state index contributed by atoms with van der Waals surface area (Å²) < 4.78 is 4.92. The molecule has 0 amide bonds. The first-order valence-corrected chi connectivity index (χ1v) is 4.52. The Morgan fingerprint density at radius 1 is 1.67 bits per heavy atom. The zero-order valence-corrected chi connectivity index (χ0v) is 8.47. The maximum absolute atomic E-state index is 9.00. The number of pyridine rings is 1. The van der Waals surface area contributed by atoms with Crippen LogP contribution in [0.25, 0.3) is 0 Å². The topological polar surface area (TPSA) is 78.2 Å². The number of hydrogen-bond donors (Lipinski definition) is 2. The van der Waals surface area contributed by atoms with Crippen LogP contribution >= 0.6 is 0 Å². The van der Waals surface area contributed by atoms with Crippen LogP contribution in [0.2, 0.25) is 0 Å². The van der Waals surface area contributed by atoms with Gasteiger partial charge < -0.3 is 15.2 Å². The van der Waals surface area contributed by atoms with Gasteiger partial charge >= 0.3 is 0 Å². The van der Waals surface area contributed by atoms with E-state index in [1.54, 1.807) is 25.4 Å². The molecule has 15 heavy (non-hydrogen) atoms. The van der Waals surface area contributed by atoms with Gasteiger partial charge in [0, 0.05) is 7.11 Å². The Hall–Kier alpha value is -1.64. The van der Waals surface area contributed by atoms with Gasteiger partial charge in [0.15, 0.2) is 0 Å². The number of aromatic nitrogens is 1. The van der Waals surface area contributed by atoms with E-state index >= 15 is 0 Å². The van der Waals surface area contributed by atoms with Crippen molar-refractivity contribution < 1.29 is 9.84 Å². The van der Waals surface area contributed by atoms with E-state index in [0.29, 0.717) is 12.3 Å². The molecule has 0 fully saturated rings. The lowest BCUT2D eigenvalue weighted by Gasteiger charge is -2.15. The molecule has 0 saturated heterocycles. The van der Waals surface area contributed by atoms with Crippen molar-refractivity contribution in [3.63, 3.8) is 0 Å². The predicted octanol–water partition coefficient (Wildman–Crippen LogP) is 0.372. The first-order chi connectivity index (χ1) is 7.30. The molecule has 0 radical (unpaired) electrons. The second-order valence-corrected chi connectivity index (χ2v) is 3.02. The number of aliphatic hydroxyl groups excluding tert-OH is 1. The zero-order valence-electron chi connectivity index (χ0n) is 8.47. The van der Waals surface area contributed by atoms with Gasteiger partial charge in [0.2, 0.25) is 0 Å². The van der Waals surface area contributed by atoms with Gasteiger partial charge in [0.1, 0.15) is 11.8 Å². The Bertz CT molecular complexity index is 332. The summed E-state index contributed by atoms with van der Waals surface area (Å²) >= 11 is 0. The second-order valence-electron chi connectivity index (χ2n) is 3.02. The SMILES string of the molecule is COCC(CO)Nc1ccc(C#N)nc1. The van der Waals surface area contributed by atoms with E-state index in [1.807, 2.05) is 6.07 Å². The second kappa shape index (κ2) is 5.96. The third-order valence-electron chi connectivity index (χ3n) is 1.84. The lowest BCUT2D eigenvalue weighted by molar-refractivity contribution is 0.153. The van der Waals surface area contributed by atoms with Gasteiger partial charge in [0.25, 0.3) is 0 Å². The Labute approximate surface area is 88.3 Å². The quantitative estimate of drug-likeness (QED) is 0.729. The lowest BCUT2D eigenvalue weighted by Crippen LogP contribution is -2.28. The average Bonchev–Trinajstić information content (AvgIpc) is 2.29. The lowest BCUT2D eigenvalue weighted by atomic mass is 10.3. The molecule has 1 unspecified atom stereocenters. The Kier molecular flexibility index (Phi) is 4.54. The summed E-state index contributed by atoms with van der Waals surface area (Å²) in [5.74, 6) is 0. The summed E-state index contributed by atoms with van der Waals surface area (Å²) in [4.78, 5) is 3.90. The molecule has 5 heteroatoms. The number of nitrogens with one attached hydrogen (secondary N) is 1. The Balaban J connectivity index is 2.59. The van der Waals surface area contributed by atoms with Crippen molar-refractivity contribution in [2.24, 2.45) is 0 Å². The van der Waals surface area contributed by atoms with Crippen molar-refractivity contribution in [3.8, 4) is 6.07 Å². The molecule has 0 bridgehead atoms. The molecule has 0 aliphatic rings. The maximum Gasteiger partial charge on any atom is 0.140 e. The highest BCUT2D eigenvalue weighted by Crippen LogP contribution is 2.07. The predicted molar refractivity (Wildman–Crippen MR) is 55.3 cm³/mol. The van der Waals surface area contributed by atoms with E-state index in [0.717, 1.165) is 5.69 Å². The van der Waals surface area contributed by atoms with Crippen LogP contribution in [0.4, 0.5) is 5.69 Å². The third-order valence-corrected chi connectivity index (χ3v) is 1.84. The van der Waals surface area contributed by atoms with Crippen molar-refractivity contribution in [3.05, 3.63) is 24.0 Å². The minimum absolute atomic E-state index is 0.0200. The summed E-state index contributed by atoms with van der Waals surface area (Å²) in [7, 11) is 1.57. The molecule has 0 aromatic carbocycles. The van der Waals surface area contributed by atoms with Gasteiger partial charge in [-0.25, -0.2) is 4.98 Å². The van der Waals surface area contributed by atoms with Crippen molar-refractivity contribution in [2.75, 3.05) is 25.6 Å². The number of aliphatic hydroxyl groups is 1. The molecule has 5 nitrogen and oxygen atoms in total. The van der Waals surface area contributed by atoms with Crippen LogP contribution in [0.3, 0.4) is 0 Å². The zero-order chi connectivity index (χ0) is 11.1.